The second-order valence-electron chi connectivity index (χ2n) is 6.00. The molecule has 1 saturated carbocycles. The molecule has 1 fully saturated rings. The Morgan fingerprint density at radius 3 is 2.17 bits per heavy atom. The van der Waals surface area contributed by atoms with Crippen molar-refractivity contribution >= 4 is 27.0 Å². The van der Waals surface area contributed by atoms with Gasteiger partial charge in [0.15, 0.2) is 9.84 Å². The molecule has 0 aliphatic heterocycles. The third-order valence-electron chi connectivity index (χ3n) is 4.66. The third kappa shape index (κ3) is 2.55. The molecule has 3 rings (SSSR count). The van der Waals surface area contributed by atoms with Crippen molar-refractivity contribution in [2.24, 2.45) is 11.1 Å². The smallest absolute Gasteiger partial charge is 0.182 e. The van der Waals surface area contributed by atoms with Gasteiger partial charge in [-0.2, -0.15) is 0 Å². The molecular weight excluding hydrogens is 342 g/mol. The van der Waals surface area contributed by atoms with Crippen LogP contribution in [0.1, 0.15) is 11.5 Å². The zero-order valence-corrected chi connectivity index (χ0v) is 14.9. The Bertz CT molecular complexity index is 837. The highest BCUT2D eigenvalue weighted by Crippen LogP contribution is 2.64. The van der Waals surface area contributed by atoms with Crippen LogP contribution >= 0.6 is 12.2 Å². The van der Waals surface area contributed by atoms with Crippen LogP contribution in [0.15, 0.2) is 65.6 Å². The predicted octanol–water partition coefficient (Wildman–Crippen LogP) is 2.55. The lowest BCUT2D eigenvalue weighted by molar-refractivity contribution is 0.166. The number of methoxy groups -OCH3 is 1. The summed E-state index contributed by atoms with van der Waals surface area (Å²) in [6.07, 6.45) is 0. The molecule has 24 heavy (non-hydrogen) atoms. The number of rotatable bonds is 6. The van der Waals surface area contributed by atoms with Crippen LogP contribution in [0.5, 0.6) is 0 Å². The molecule has 1 aliphatic carbocycles. The fourth-order valence-corrected chi connectivity index (χ4v) is 6.32. The highest BCUT2D eigenvalue weighted by Gasteiger charge is 2.73. The van der Waals surface area contributed by atoms with Gasteiger partial charge < -0.3 is 10.5 Å². The zero-order valence-electron chi connectivity index (χ0n) is 13.3. The van der Waals surface area contributed by atoms with Gasteiger partial charge in [-0.25, -0.2) is 8.42 Å². The Morgan fingerprint density at radius 1 is 1.12 bits per heavy atom. The molecule has 0 bridgehead atoms. The molecule has 0 aromatic heterocycles. The number of sulfone groups is 1. The molecule has 1 aliphatic rings. The second kappa shape index (κ2) is 6.27. The van der Waals surface area contributed by atoms with Gasteiger partial charge in [0.25, 0.3) is 0 Å². The van der Waals surface area contributed by atoms with E-state index in [0.717, 1.165) is 5.56 Å². The van der Waals surface area contributed by atoms with E-state index in [2.05, 4.69) is 0 Å². The molecule has 6 heteroatoms. The van der Waals surface area contributed by atoms with Crippen LogP contribution in [0, 0.1) is 5.41 Å². The first-order chi connectivity index (χ1) is 11.5. The number of hydrogen-bond acceptors (Lipinski definition) is 4. The molecular formula is C18H19NO3S2. The zero-order chi connectivity index (χ0) is 17.4. The van der Waals surface area contributed by atoms with Crippen LogP contribution < -0.4 is 5.73 Å². The van der Waals surface area contributed by atoms with Crippen molar-refractivity contribution in [1.29, 1.82) is 0 Å². The Morgan fingerprint density at radius 2 is 1.67 bits per heavy atom. The Balaban J connectivity index is 2.12. The highest BCUT2D eigenvalue weighted by molar-refractivity contribution is 7.92. The van der Waals surface area contributed by atoms with E-state index >= 15 is 0 Å². The maximum atomic E-state index is 13.2. The Kier molecular flexibility index (Phi) is 4.46. The summed E-state index contributed by atoms with van der Waals surface area (Å²) in [5.41, 5.74) is 6.03. The monoisotopic (exact) mass is 361 g/mol. The molecule has 4 nitrogen and oxygen atoms in total. The average Bonchev–Trinajstić information content (AvgIpc) is 3.28. The SMILES string of the molecule is COC[C@]1(C(N)=S)[C@H](c2ccccc2)[C@@H]1S(=O)(=O)c1ccccc1. The van der Waals surface area contributed by atoms with Crippen molar-refractivity contribution in [1.82, 2.24) is 0 Å². The van der Waals surface area contributed by atoms with Gasteiger partial charge in [-0.1, -0.05) is 60.7 Å². The van der Waals surface area contributed by atoms with Crippen LogP contribution in [0.25, 0.3) is 0 Å². The van der Waals surface area contributed by atoms with Gasteiger partial charge in [0, 0.05) is 13.0 Å². The van der Waals surface area contributed by atoms with Gasteiger partial charge in [0.2, 0.25) is 0 Å². The van der Waals surface area contributed by atoms with E-state index in [1.54, 1.807) is 30.3 Å². The van der Waals surface area contributed by atoms with Crippen LogP contribution in [0.2, 0.25) is 0 Å². The van der Waals surface area contributed by atoms with Gasteiger partial charge in [-0.15, -0.1) is 0 Å². The van der Waals surface area contributed by atoms with Gasteiger partial charge in [0.1, 0.15) is 0 Å². The summed E-state index contributed by atoms with van der Waals surface area (Å²) in [6.45, 7) is 0.179. The molecule has 0 heterocycles. The number of ether oxygens (including phenoxy) is 1. The van der Waals surface area contributed by atoms with E-state index in [1.165, 1.54) is 7.11 Å². The summed E-state index contributed by atoms with van der Waals surface area (Å²) in [6, 6.07) is 17.9. The molecule has 126 valence electrons. The summed E-state index contributed by atoms with van der Waals surface area (Å²) < 4.78 is 31.7. The molecule has 3 atom stereocenters. The van der Waals surface area contributed by atoms with Gasteiger partial charge in [-0.3, -0.25) is 0 Å². The van der Waals surface area contributed by atoms with Crippen molar-refractivity contribution in [2.75, 3.05) is 13.7 Å². The van der Waals surface area contributed by atoms with Crippen molar-refractivity contribution in [3.63, 3.8) is 0 Å². The summed E-state index contributed by atoms with van der Waals surface area (Å²) >= 11 is 5.27. The maximum Gasteiger partial charge on any atom is 0.182 e. The minimum absolute atomic E-state index is 0.179. The van der Waals surface area contributed by atoms with E-state index in [4.69, 9.17) is 22.7 Å². The van der Waals surface area contributed by atoms with Gasteiger partial charge in [-0.05, 0) is 17.7 Å². The molecule has 0 saturated heterocycles. The number of thiocarbonyl (C=S) groups is 1. The lowest BCUT2D eigenvalue weighted by atomic mass is 10.00. The highest BCUT2D eigenvalue weighted by atomic mass is 32.2. The molecule has 0 spiro atoms. The molecule has 2 aromatic rings. The van der Waals surface area contributed by atoms with Crippen molar-refractivity contribution in [3.05, 3.63) is 66.2 Å². The van der Waals surface area contributed by atoms with E-state index < -0.39 is 20.5 Å². The first kappa shape index (κ1) is 17.1. The summed E-state index contributed by atoms with van der Waals surface area (Å²) in [7, 11) is -2.05. The summed E-state index contributed by atoms with van der Waals surface area (Å²) in [5.74, 6) is -0.304. The molecule has 2 N–H and O–H groups in total. The average molecular weight is 361 g/mol. The molecule has 0 radical (unpaired) electrons. The fraction of sp³-hybridized carbons (Fsp3) is 0.278. The predicted molar refractivity (Wildman–Crippen MR) is 97.7 cm³/mol. The van der Waals surface area contributed by atoms with Crippen molar-refractivity contribution < 1.29 is 13.2 Å². The number of benzene rings is 2. The van der Waals surface area contributed by atoms with Crippen molar-refractivity contribution in [2.45, 2.75) is 16.1 Å². The standard InChI is InChI=1S/C18H19NO3S2/c1-22-12-18(17(19)23)15(13-8-4-2-5-9-13)16(18)24(20,21)14-10-6-3-7-11-14/h2-11,15-16H,12H2,1H3,(H2,19,23)/t15-,16+,18+/m1/s1. The lowest BCUT2D eigenvalue weighted by Crippen LogP contribution is -2.33. The summed E-state index contributed by atoms with van der Waals surface area (Å²) in [5, 5.41) is -0.716. The Labute approximate surface area is 147 Å². The van der Waals surface area contributed by atoms with E-state index in [-0.39, 0.29) is 22.4 Å². The number of hydrogen-bond donors (Lipinski definition) is 1. The topological polar surface area (TPSA) is 69.4 Å². The normalized spacial score (nSPS) is 26.0. The van der Waals surface area contributed by atoms with Crippen molar-refractivity contribution in [3.8, 4) is 0 Å². The van der Waals surface area contributed by atoms with E-state index in [0.29, 0.717) is 0 Å². The molecule has 0 amide bonds. The van der Waals surface area contributed by atoms with E-state index in [1.807, 2.05) is 30.3 Å². The third-order valence-corrected chi connectivity index (χ3v) is 7.33. The van der Waals surface area contributed by atoms with Gasteiger partial charge >= 0.3 is 0 Å². The lowest BCUT2D eigenvalue weighted by Gasteiger charge is -2.16. The van der Waals surface area contributed by atoms with E-state index in [9.17, 15) is 8.42 Å². The molecule has 0 unspecified atom stereocenters. The first-order valence-corrected chi connectivity index (χ1v) is 9.54. The maximum absolute atomic E-state index is 13.2. The van der Waals surface area contributed by atoms with Crippen LogP contribution in [-0.2, 0) is 14.6 Å². The number of nitrogens with two attached hydrogens (primary N) is 1. The second-order valence-corrected chi connectivity index (χ2v) is 8.51. The quantitative estimate of drug-likeness (QED) is 0.801. The minimum atomic E-state index is -3.59. The fourth-order valence-electron chi connectivity index (χ4n) is 3.53. The minimum Gasteiger partial charge on any atom is -0.393 e. The Hall–Kier alpha value is -1.76. The van der Waals surface area contributed by atoms with Crippen LogP contribution in [0.3, 0.4) is 0 Å². The molecule has 2 aromatic carbocycles. The first-order valence-electron chi connectivity index (χ1n) is 7.59. The largest absolute Gasteiger partial charge is 0.393 e. The van der Waals surface area contributed by atoms with Crippen LogP contribution in [0.4, 0.5) is 0 Å². The van der Waals surface area contributed by atoms with Gasteiger partial charge in [0.05, 0.1) is 27.2 Å². The van der Waals surface area contributed by atoms with Crippen LogP contribution in [-0.4, -0.2) is 32.4 Å². The summed E-state index contributed by atoms with van der Waals surface area (Å²) in [4.78, 5) is 0.466.